The third kappa shape index (κ3) is 4.76. The van der Waals surface area contributed by atoms with Gasteiger partial charge in [-0.05, 0) is 92.4 Å². The van der Waals surface area contributed by atoms with Gasteiger partial charge in [0, 0.05) is 28.4 Å². The molecule has 1 aromatic heterocycles. The number of furan rings is 1. The monoisotopic (exact) mass is 674 g/mol. The summed E-state index contributed by atoms with van der Waals surface area (Å²) in [6.07, 6.45) is 13.2. The summed E-state index contributed by atoms with van der Waals surface area (Å²) < 4.78 is 5.72. The molecule has 3 fully saturated rings. The third-order valence-electron chi connectivity index (χ3n) is 14.3. The number of aliphatic hydroxyl groups excluding tert-OH is 1. The van der Waals surface area contributed by atoms with Crippen molar-refractivity contribution in [3.63, 3.8) is 0 Å². The van der Waals surface area contributed by atoms with Gasteiger partial charge in [-0.3, -0.25) is 4.79 Å². The van der Waals surface area contributed by atoms with E-state index < -0.39 is 27.9 Å². The molecule has 2 amide bonds. The van der Waals surface area contributed by atoms with Crippen LogP contribution in [0.5, 0.6) is 0 Å². The second kappa shape index (κ2) is 11.8. The highest BCUT2D eigenvalue weighted by Crippen LogP contribution is 2.78. The number of ketones is 1. The first-order chi connectivity index (χ1) is 23.9. The zero-order valence-electron chi connectivity index (χ0n) is 29.5. The van der Waals surface area contributed by atoms with Gasteiger partial charge in [-0.1, -0.05) is 92.7 Å². The van der Waals surface area contributed by atoms with Crippen molar-refractivity contribution in [3.8, 4) is 0 Å². The summed E-state index contributed by atoms with van der Waals surface area (Å²) in [5.74, 6) is 0.401. The number of rotatable bonds is 8. The van der Waals surface area contributed by atoms with Crippen LogP contribution >= 0.6 is 0 Å². The molecule has 0 radical (unpaired) electrons. The molecule has 3 saturated carbocycles. The van der Waals surface area contributed by atoms with E-state index in [1.807, 2.05) is 67.6 Å². The highest BCUT2D eigenvalue weighted by atomic mass is 16.3. The number of amides is 2. The molecule has 6 aliphatic carbocycles. The summed E-state index contributed by atoms with van der Waals surface area (Å²) in [5.41, 5.74) is -0.0794. The Morgan fingerprint density at radius 2 is 1.58 bits per heavy atom. The maximum absolute atomic E-state index is 14.5. The van der Waals surface area contributed by atoms with Gasteiger partial charge >= 0.3 is 6.03 Å². The lowest BCUT2D eigenvalue weighted by molar-refractivity contribution is -0.175. The molecule has 7 nitrogen and oxygen atoms in total. The first-order valence-corrected chi connectivity index (χ1v) is 18.5. The Morgan fingerprint density at radius 1 is 0.900 bits per heavy atom. The van der Waals surface area contributed by atoms with Crippen LogP contribution in [0.2, 0.25) is 0 Å². The number of carbonyl (C=O) groups is 2. The molecule has 2 aromatic carbocycles. The fraction of sp³-hybridized carbons (Fsp3) is 0.488. The third-order valence-corrected chi connectivity index (χ3v) is 14.3. The number of nitrogens with zero attached hydrogens (tertiary/aromatic N) is 1. The quantitative estimate of drug-likeness (QED) is 0.166. The average Bonchev–Trinajstić information content (AvgIpc) is 3.75. The van der Waals surface area contributed by atoms with E-state index in [1.165, 1.54) is 0 Å². The number of urea groups is 1. The van der Waals surface area contributed by atoms with Crippen molar-refractivity contribution in [1.82, 2.24) is 10.2 Å². The van der Waals surface area contributed by atoms with E-state index in [2.05, 4.69) is 37.4 Å². The van der Waals surface area contributed by atoms with Gasteiger partial charge in [-0.15, -0.1) is 0 Å². The maximum Gasteiger partial charge on any atom is 0.318 e. The molecule has 0 saturated heterocycles. The van der Waals surface area contributed by atoms with Gasteiger partial charge in [-0.2, -0.15) is 0 Å². The van der Waals surface area contributed by atoms with Crippen molar-refractivity contribution >= 4 is 11.8 Å². The molecule has 1 heterocycles. The smallest absolute Gasteiger partial charge is 0.318 e. The minimum absolute atomic E-state index is 0.0213. The molecule has 0 aliphatic heterocycles. The van der Waals surface area contributed by atoms with Crippen LogP contribution in [0.4, 0.5) is 4.79 Å². The first-order valence-electron chi connectivity index (χ1n) is 18.5. The van der Waals surface area contributed by atoms with Crippen LogP contribution in [0, 0.1) is 33.5 Å². The van der Waals surface area contributed by atoms with Crippen molar-refractivity contribution < 1.29 is 24.2 Å². The molecular weight excluding hydrogens is 624 g/mol. The lowest BCUT2D eigenvalue weighted by Gasteiger charge is -2.71. The largest absolute Gasteiger partial charge is 0.461 e. The van der Waals surface area contributed by atoms with Gasteiger partial charge < -0.3 is 24.8 Å². The molecule has 3 N–H and O–H groups in total. The van der Waals surface area contributed by atoms with Crippen LogP contribution < -0.4 is 5.32 Å². The van der Waals surface area contributed by atoms with Gasteiger partial charge in [0.2, 0.25) is 5.78 Å². The predicted octanol–water partition coefficient (Wildman–Crippen LogP) is 8.03. The van der Waals surface area contributed by atoms with Crippen LogP contribution in [-0.4, -0.2) is 45.2 Å². The highest BCUT2D eigenvalue weighted by molar-refractivity contribution is 6.08. The molecule has 7 heteroatoms. The zero-order chi connectivity index (χ0) is 34.9. The van der Waals surface area contributed by atoms with E-state index in [0.29, 0.717) is 25.1 Å². The van der Waals surface area contributed by atoms with E-state index >= 15 is 0 Å². The fourth-order valence-corrected chi connectivity index (χ4v) is 11.6. The average molecular weight is 675 g/mol. The standard InChI is InChI=1S/C43H50N2O5/c1-29(31-13-8-5-9-14-31)44-38(48)45(27-30-11-6-4-7-12-30)28-42(49)21-18-36-40(42,3)20-17-35-39(2)19-16-32(46)25-41(39)22-23-43(35,36)33(26-41)37(47)34-15-10-24-50-34/h4-15,22-24,26,29,32,35-36,46,49H,16-21,25,27-28H2,1-3H3,(H,44,48)/t29-,32?,35-,36-,39-,40+,41+,42-,43-/m1/s1. The molecule has 9 rings (SSSR count). The summed E-state index contributed by atoms with van der Waals surface area (Å²) in [6.45, 7) is 7.15. The van der Waals surface area contributed by atoms with Crippen LogP contribution in [0.3, 0.4) is 0 Å². The minimum Gasteiger partial charge on any atom is -0.461 e. The lowest BCUT2D eigenvalue weighted by atomic mass is 9.32. The summed E-state index contributed by atoms with van der Waals surface area (Å²) in [5, 5.41) is 27.2. The van der Waals surface area contributed by atoms with Gasteiger partial charge in [0.1, 0.15) is 0 Å². The molecule has 50 heavy (non-hydrogen) atoms. The summed E-state index contributed by atoms with van der Waals surface area (Å²) in [7, 11) is 0. The Balaban J connectivity index is 1.17. The second-order valence-electron chi connectivity index (χ2n) is 16.5. The topological polar surface area (TPSA) is 103 Å². The number of hydrogen-bond acceptors (Lipinski definition) is 5. The number of carbonyl (C=O) groups excluding carboxylic acids is 2. The Kier molecular flexibility index (Phi) is 7.85. The molecular formula is C43H50N2O5. The summed E-state index contributed by atoms with van der Waals surface area (Å²) in [4.78, 5) is 30.5. The Bertz CT molecular complexity index is 1820. The van der Waals surface area contributed by atoms with Gasteiger partial charge in [0.25, 0.3) is 0 Å². The molecule has 6 aliphatic rings. The number of hydrogen-bond donors (Lipinski definition) is 3. The Labute approximate surface area is 295 Å². The van der Waals surface area contributed by atoms with E-state index in [0.717, 1.165) is 48.8 Å². The van der Waals surface area contributed by atoms with E-state index in [-0.39, 0.29) is 41.7 Å². The number of Topliss-reactive ketones (excluding diaryl/α,β-unsaturated/α-hetero) is 1. The number of nitrogens with one attached hydrogen (secondary N) is 1. The van der Waals surface area contributed by atoms with Crippen LogP contribution in [0.1, 0.15) is 93.4 Å². The molecule has 1 unspecified atom stereocenters. The van der Waals surface area contributed by atoms with E-state index in [9.17, 15) is 19.8 Å². The second-order valence-corrected chi connectivity index (χ2v) is 16.5. The van der Waals surface area contributed by atoms with Crippen molar-refractivity contribution in [3.05, 3.63) is 120 Å². The van der Waals surface area contributed by atoms with Crippen LogP contribution in [-0.2, 0) is 6.54 Å². The highest BCUT2D eigenvalue weighted by Gasteiger charge is 2.74. The molecule has 3 aromatic rings. The Hall–Kier alpha value is -3.94. The summed E-state index contributed by atoms with van der Waals surface area (Å²) in [6, 6.07) is 23.0. The predicted molar refractivity (Wildman–Crippen MR) is 192 cm³/mol. The van der Waals surface area contributed by atoms with Gasteiger partial charge in [0.05, 0.1) is 30.6 Å². The van der Waals surface area contributed by atoms with Crippen molar-refractivity contribution in [2.45, 2.75) is 90.0 Å². The zero-order valence-corrected chi connectivity index (χ0v) is 29.5. The Morgan fingerprint density at radius 3 is 2.30 bits per heavy atom. The molecule has 2 bridgehead atoms. The van der Waals surface area contributed by atoms with Crippen molar-refractivity contribution in [1.29, 1.82) is 0 Å². The lowest BCUT2D eigenvalue weighted by Crippen LogP contribution is -2.67. The first kappa shape index (κ1) is 33.2. The number of aliphatic hydroxyl groups is 2. The molecule has 2 spiro atoms. The number of allylic oxidation sites excluding steroid dienone is 4. The normalized spacial score (nSPS) is 37.2. The number of fused-ring (bicyclic) bond motifs is 1. The number of benzene rings is 2. The van der Waals surface area contributed by atoms with E-state index in [4.69, 9.17) is 4.42 Å². The maximum atomic E-state index is 14.5. The van der Waals surface area contributed by atoms with Crippen LogP contribution in [0.25, 0.3) is 0 Å². The van der Waals surface area contributed by atoms with Gasteiger partial charge in [-0.25, -0.2) is 4.79 Å². The van der Waals surface area contributed by atoms with Crippen LogP contribution in [0.15, 0.2) is 107 Å². The van der Waals surface area contributed by atoms with E-state index in [1.54, 1.807) is 23.3 Å². The summed E-state index contributed by atoms with van der Waals surface area (Å²) >= 11 is 0. The molecule has 262 valence electrons. The van der Waals surface area contributed by atoms with Crippen molar-refractivity contribution in [2.75, 3.05) is 6.54 Å². The minimum atomic E-state index is -1.18. The SMILES string of the molecule is C[C@@H](NC(=O)N(Cc1ccccc1)C[C@]1(O)CC[C@H]2[C@]34C=C[C@@]5(C=C3C(=O)c3ccco3)CC(O)CC[C@]5(C)[C@H]4CC[C@@]21C)c1ccccc1. The van der Waals surface area contributed by atoms with Gasteiger partial charge in [0.15, 0.2) is 5.76 Å². The molecule has 9 atom stereocenters. The van der Waals surface area contributed by atoms with Crippen molar-refractivity contribution in [2.24, 2.45) is 33.5 Å². The fourth-order valence-electron chi connectivity index (χ4n) is 11.6.